The van der Waals surface area contributed by atoms with Crippen molar-refractivity contribution in [3.8, 4) is 0 Å². The molecule has 1 N–H and O–H groups in total. The van der Waals surface area contributed by atoms with Gasteiger partial charge in [-0.2, -0.15) is 0 Å². The fourth-order valence-corrected chi connectivity index (χ4v) is 4.32. The van der Waals surface area contributed by atoms with Gasteiger partial charge in [0, 0.05) is 17.9 Å². The SMILES string of the molecule is CC1CCCC2(CSC(Nc3cc(F)c(F)cc3F)=N2)C1. The van der Waals surface area contributed by atoms with E-state index in [1.165, 1.54) is 18.2 Å². The van der Waals surface area contributed by atoms with Gasteiger partial charge in [0.2, 0.25) is 0 Å². The molecule has 2 unspecified atom stereocenters. The zero-order chi connectivity index (χ0) is 15.0. The topological polar surface area (TPSA) is 24.4 Å². The average Bonchev–Trinajstić information content (AvgIpc) is 2.78. The number of nitrogens with zero attached hydrogens (tertiary/aromatic N) is 1. The van der Waals surface area contributed by atoms with Gasteiger partial charge < -0.3 is 5.32 Å². The molecule has 0 bridgehead atoms. The smallest absolute Gasteiger partial charge is 0.161 e. The molecule has 1 aromatic rings. The molecular weight excluding hydrogens is 297 g/mol. The second kappa shape index (κ2) is 5.55. The summed E-state index contributed by atoms with van der Waals surface area (Å²) in [4.78, 5) is 4.70. The van der Waals surface area contributed by atoms with Gasteiger partial charge in [-0.1, -0.05) is 31.5 Å². The summed E-state index contributed by atoms with van der Waals surface area (Å²) in [6.45, 7) is 2.22. The normalized spacial score (nSPS) is 28.8. The lowest BCUT2D eigenvalue weighted by Gasteiger charge is -2.33. The molecule has 0 radical (unpaired) electrons. The first kappa shape index (κ1) is 14.8. The number of amidine groups is 1. The van der Waals surface area contributed by atoms with Crippen molar-refractivity contribution in [3.05, 3.63) is 29.6 Å². The summed E-state index contributed by atoms with van der Waals surface area (Å²) in [6.07, 6.45) is 4.45. The Balaban J connectivity index is 1.78. The van der Waals surface area contributed by atoms with Crippen molar-refractivity contribution in [1.82, 2.24) is 0 Å². The lowest BCUT2D eigenvalue weighted by Crippen LogP contribution is -2.33. The molecule has 114 valence electrons. The second-order valence-corrected chi connectivity index (χ2v) is 6.97. The summed E-state index contributed by atoms with van der Waals surface area (Å²) in [7, 11) is 0. The Morgan fingerprint density at radius 3 is 2.76 bits per heavy atom. The predicted molar refractivity (Wildman–Crippen MR) is 80.2 cm³/mol. The number of benzene rings is 1. The van der Waals surface area contributed by atoms with Crippen LogP contribution in [0, 0.1) is 23.4 Å². The lowest BCUT2D eigenvalue weighted by molar-refractivity contribution is 0.266. The Morgan fingerprint density at radius 2 is 2.00 bits per heavy atom. The van der Waals surface area contributed by atoms with Crippen molar-refractivity contribution < 1.29 is 13.2 Å². The van der Waals surface area contributed by atoms with Crippen LogP contribution in [0.4, 0.5) is 18.9 Å². The Kier molecular flexibility index (Phi) is 3.90. The fourth-order valence-electron chi connectivity index (χ4n) is 3.15. The van der Waals surface area contributed by atoms with Gasteiger partial charge in [0.15, 0.2) is 16.8 Å². The molecule has 1 spiro atoms. The summed E-state index contributed by atoms with van der Waals surface area (Å²) in [5.41, 5.74) is -0.138. The van der Waals surface area contributed by atoms with Crippen LogP contribution in [0.5, 0.6) is 0 Å². The highest BCUT2D eigenvalue weighted by Gasteiger charge is 2.39. The number of hydrogen-bond acceptors (Lipinski definition) is 3. The van der Waals surface area contributed by atoms with E-state index < -0.39 is 17.5 Å². The van der Waals surface area contributed by atoms with E-state index in [0.717, 1.165) is 31.1 Å². The molecule has 21 heavy (non-hydrogen) atoms. The number of anilines is 1. The van der Waals surface area contributed by atoms with Crippen molar-refractivity contribution in [2.75, 3.05) is 11.1 Å². The van der Waals surface area contributed by atoms with E-state index in [4.69, 9.17) is 4.99 Å². The molecule has 6 heteroatoms. The van der Waals surface area contributed by atoms with Crippen LogP contribution in [0.1, 0.15) is 32.6 Å². The number of nitrogens with one attached hydrogen (secondary N) is 1. The minimum absolute atomic E-state index is 0.0685. The highest BCUT2D eigenvalue weighted by Crippen LogP contribution is 2.42. The number of hydrogen-bond donors (Lipinski definition) is 1. The first-order chi connectivity index (χ1) is 9.97. The largest absolute Gasteiger partial charge is 0.332 e. The molecule has 1 aliphatic carbocycles. The van der Waals surface area contributed by atoms with Crippen LogP contribution in [-0.2, 0) is 0 Å². The van der Waals surface area contributed by atoms with E-state index in [0.29, 0.717) is 17.2 Å². The van der Waals surface area contributed by atoms with E-state index in [2.05, 4.69) is 12.2 Å². The third-order valence-electron chi connectivity index (χ3n) is 4.14. The Labute approximate surface area is 126 Å². The zero-order valence-corrected chi connectivity index (χ0v) is 12.6. The molecule has 2 atom stereocenters. The first-order valence-corrected chi connectivity index (χ1v) is 8.10. The summed E-state index contributed by atoms with van der Waals surface area (Å²) < 4.78 is 39.8. The molecular formula is C15H17F3N2S. The standard InChI is InChI=1S/C15H17F3N2S/c1-9-3-2-4-15(7-9)8-21-14(20-15)19-13-6-11(17)10(16)5-12(13)18/h5-6,9H,2-4,7-8H2,1H3,(H,19,20). The summed E-state index contributed by atoms with van der Waals surface area (Å²) in [5, 5.41) is 3.39. The van der Waals surface area contributed by atoms with Crippen LogP contribution >= 0.6 is 11.8 Å². The van der Waals surface area contributed by atoms with Gasteiger partial charge in [0.05, 0.1) is 11.2 Å². The van der Waals surface area contributed by atoms with E-state index >= 15 is 0 Å². The highest BCUT2D eigenvalue weighted by molar-refractivity contribution is 8.14. The third kappa shape index (κ3) is 3.05. The van der Waals surface area contributed by atoms with Gasteiger partial charge in [-0.3, -0.25) is 4.99 Å². The van der Waals surface area contributed by atoms with Crippen molar-refractivity contribution >= 4 is 22.6 Å². The first-order valence-electron chi connectivity index (χ1n) is 7.12. The molecule has 2 aliphatic rings. The molecule has 0 amide bonds. The number of aliphatic imine (C=N–C) groups is 1. The van der Waals surface area contributed by atoms with Gasteiger partial charge >= 0.3 is 0 Å². The van der Waals surface area contributed by atoms with Crippen LogP contribution in [0.3, 0.4) is 0 Å². The maximum Gasteiger partial charge on any atom is 0.161 e. The lowest BCUT2D eigenvalue weighted by atomic mass is 9.78. The number of thioether (sulfide) groups is 1. The minimum Gasteiger partial charge on any atom is -0.332 e. The maximum absolute atomic E-state index is 13.6. The molecule has 1 aliphatic heterocycles. The van der Waals surface area contributed by atoms with Crippen LogP contribution in [0.25, 0.3) is 0 Å². The molecule has 1 fully saturated rings. The fraction of sp³-hybridized carbons (Fsp3) is 0.533. The number of rotatable bonds is 1. The Bertz CT molecular complexity index is 591. The number of halogens is 3. The zero-order valence-electron chi connectivity index (χ0n) is 11.8. The molecule has 1 saturated carbocycles. The van der Waals surface area contributed by atoms with Crippen molar-refractivity contribution in [1.29, 1.82) is 0 Å². The maximum atomic E-state index is 13.6. The average molecular weight is 314 g/mol. The summed E-state index contributed by atoms with van der Waals surface area (Å²) in [6, 6.07) is 1.39. The highest BCUT2D eigenvalue weighted by atomic mass is 32.2. The molecule has 0 saturated heterocycles. The van der Waals surface area contributed by atoms with Crippen molar-refractivity contribution in [2.45, 2.75) is 38.1 Å². The molecule has 0 aromatic heterocycles. The molecule has 1 aromatic carbocycles. The van der Waals surface area contributed by atoms with E-state index in [1.807, 2.05) is 0 Å². The third-order valence-corrected chi connectivity index (χ3v) is 5.28. The predicted octanol–water partition coefficient (Wildman–Crippen LogP) is 4.57. The van der Waals surface area contributed by atoms with Gasteiger partial charge in [-0.05, 0) is 18.8 Å². The van der Waals surface area contributed by atoms with Crippen molar-refractivity contribution in [2.24, 2.45) is 10.9 Å². The van der Waals surface area contributed by atoms with E-state index in [-0.39, 0.29) is 11.2 Å². The van der Waals surface area contributed by atoms with Gasteiger partial charge in [0.25, 0.3) is 0 Å². The van der Waals surface area contributed by atoms with Crippen molar-refractivity contribution in [3.63, 3.8) is 0 Å². The summed E-state index contributed by atoms with van der Waals surface area (Å²) >= 11 is 1.52. The Morgan fingerprint density at radius 1 is 1.24 bits per heavy atom. The quantitative estimate of drug-likeness (QED) is 0.768. The van der Waals surface area contributed by atoms with Crippen LogP contribution in [-0.4, -0.2) is 16.5 Å². The van der Waals surface area contributed by atoms with E-state index in [9.17, 15) is 13.2 Å². The molecule has 1 heterocycles. The Hall–Kier alpha value is -1.17. The minimum atomic E-state index is -1.18. The van der Waals surface area contributed by atoms with E-state index in [1.54, 1.807) is 0 Å². The molecule has 2 nitrogen and oxygen atoms in total. The van der Waals surface area contributed by atoms with Crippen LogP contribution in [0.15, 0.2) is 17.1 Å². The monoisotopic (exact) mass is 314 g/mol. The van der Waals surface area contributed by atoms with Gasteiger partial charge in [0.1, 0.15) is 5.82 Å². The van der Waals surface area contributed by atoms with Gasteiger partial charge in [-0.15, -0.1) is 0 Å². The summed E-state index contributed by atoms with van der Waals surface area (Å²) in [5.74, 6) is -1.55. The van der Waals surface area contributed by atoms with Crippen LogP contribution in [0.2, 0.25) is 0 Å². The van der Waals surface area contributed by atoms with Gasteiger partial charge in [-0.25, -0.2) is 13.2 Å². The molecule has 3 rings (SSSR count). The second-order valence-electron chi connectivity index (χ2n) is 6.00. The van der Waals surface area contributed by atoms with Crippen LogP contribution < -0.4 is 5.32 Å².